The minimum Gasteiger partial charge on any atom is -0.309 e. The van der Waals surface area contributed by atoms with Crippen molar-refractivity contribution in [1.29, 1.82) is 0 Å². The van der Waals surface area contributed by atoms with E-state index in [4.69, 9.17) is 0 Å². The Morgan fingerprint density at radius 1 is 0.281 bits per heavy atom. The van der Waals surface area contributed by atoms with Crippen molar-refractivity contribution in [1.82, 2.24) is 9.13 Å². The Kier molecular flexibility index (Phi) is 7.87. The number of nitrogens with zero attached hydrogens (tertiary/aromatic N) is 2. The van der Waals surface area contributed by atoms with Crippen molar-refractivity contribution in [2.45, 2.75) is 0 Å². The van der Waals surface area contributed by atoms with Gasteiger partial charge >= 0.3 is 0 Å². The molecule has 268 valence electrons. The second kappa shape index (κ2) is 13.5. The van der Waals surface area contributed by atoms with Crippen LogP contribution in [0.1, 0.15) is 0 Å². The van der Waals surface area contributed by atoms with E-state index in [1.807, 2.05) is 0 Å². The zero-order valence-corrected chi connectivity index (χ0v) is 32.3. The summed E-state index contributed by atoms with van der Waals surface area (Å²) >= 11 is 0. The highest BCUT2D eigenvalue weighted by Gasteiger charge is 2.41. The molecule has 0 saturated carbocycles. The molecule has 11 rings (SSSR count). The predicted molar refractivity (Wildman–Crippen MR) is 244 cm³/mol. The fourth-order valence-electron chi connectivity index (χ4n) is 9.45. The first-order valence-corrected chi connectivity index (χ1v) is 21.7. The molecule has 0 spiro atoms. The van der Waals surface area contributed by atoms with Gasteiger partial charge in [-0.2, -0.15) is 0 Å². The molecular formula is C54H38N2Si. The minimum atomic E-state index is -2.78. The first kappa shape index (κ1) is 33.2. The highest BCUT2D eigenvalue weighted by molar-refractivity contribution is 7.20. The lowest BCUT2D eigenvalue weighted by Gasteiger charge is -2.34. The number of rotatable bonds is 7. The maximum atomic E-state index is 2.54. The Hall–Kier alpha value is -7.20. The Morgan fingerprint density at radius 3 is 1.42 bits per heavy atom. The first-order valence-electron chi connectivity index (χ1n) is 19.7. The molecule has 0 saturated heterocycles. The van der Waals surface area contributed by atoms with Gasteiger partial charge in [-0.1, -0.05) is 188 Å². The van der Waals surface area contributed by atoms with E-state index in [1.165, 1.54) is 81.2 Å². The van der Waals surface area contributed by atoms with Crippen LogP contribution in [0.2, 0.25) is 0 Å². The summed E-state index contributed by atoms with van der Waals surface area (Å²) in [6.45, 7) is 0. The Bertz CT molecular complexity index is 3120. The van der Waals surface area contributed by atoms with Crippen molar-refractivity contribution in [3.05, 3.63) is 231 Å². The summed E-state index contributed by atoms with van der Waals surface area (Å²) in [6.07, 6.45) is 0. The third-order valence-electron chi connectivity index (χ3n) is 11.9. The molecule has 2 nitrogen and oxygen atoms in total. The molecule has 3 heteroatoms. The van der Waals surface area contributed by atoms with Gasteiger partial charge in [-0.15, -0.1) is 0 Å². The number of hydrogen-bond donors (Lipinski definition) is 0. The first-order chi connectivity index (χ1) is 28.3. The van der Waals surface area contributed by atoms with Crippen LogP contribution in [0.15, 0.2) is 231 Å². The predicted octanol–water partition coefficient (Wildman–Crippen LogP) is 10.9. The average Bonchev–Trinajstić information content (AvgIpc) is 3.81. The zero-order chi connectivity index (χ0) is 37.8. The Labute approximate surface area is 333 Å². The molecule has 0 N–H and O–H groups in total. The lowest BCUT2D eigenvalue weighted by atomic mass is 10.1. The molecule has 0 aliphatic carbocycles. The molecule has 57 heavy (non-hydrogen) atoms. The monoisotopic (exact) mass is 742 g/mol. The molecule has 9 aromatic carbocycles. The van der Waals surface area contributed by atoms with Crippen molar-refractivity contribution in [3.8, 4) is 22.5 Å². The molecule has 0 bridgehead atoms. The van der Waals surface area contributed by atoms with Gasteiger partial charge in [0.1, 0.15) is 0 Å². The van der Waals surface area contributed by atoms with Crippen molar-refractivity contribution in [2.75, 3.05) is 0 Å². The second-order valence-electron chi connectivity index (χ2n) is 14.9. The van der Waals surface area contributed by atoms with E-state index in [9.17, 15) is 0 Å². The van der Waals surface area contributed by atoms with Crippen LogP contribution in [-0.4, -0.2) is 17.2 Å². The molecule has 11 aromatic rings. The molecule has 0 aliphatic rings. The van der Waals surface area contributed by atoms with E-state index in [0.717, 1.165) is 5.69 Å². The average molecular weight is 743 g/mol. The van der Waals surface area contributed by atoms with Crippen LogP contribution in [0.5, 0.6) is 0 Å². The molecule has 2 heterocycles. The number of aromatic nitrogens is 2. The van der Waals surface area contributed by atoms with Gasteiger partial charge in [0.2, 0.25) is 0 Å². The van der Waals surface area contributed by atoms with E-state index in [1.54, 1.807) is 0 Å². The number of fused-ring (bicyclic) bond motifs is 6. The topological polar surface area (TPSA) is 9.86 Å². The smallest absolute Gasteiger partial charge is 0.179 e. The van der Waals surface area contributed by atoms with Gasteiger partial charge in [0.15, 0.2) is 8.07 Å². The van der Waals surface area contributed by atoms with E-state index in [2.05, 4.69) is 240 Å². The quantitative estimate of drug-likeness (QED) is 0.114. The minimum absolute atomic E-state index is 1.15. The standard InChI is InChI=1S/C54H38N2Si/c1-5-19-39(20-6-1)40-21-17-22-41(37-40)55-50-32-16-14-30-48(50)54-51(55)33-18-34-52(54)56-49-31-15-13-29-46(49)47-36-35-45(38-53(47)56)57(42-23-7-2-8-24-42,43-25-9-3-10-26-43)44-27-11-4-12-28-44/h1-38H. The molecule has 0 radical (unpaired) electrons. The summed E-state index contributed by atoms with van der Waals surface area (Å²) in [4.78, 5) is 0. The molecule has 0 unspecified atom stereocenters. The maximum absolute atomic E-state index is 2.78. The summed E-state index contributed by atoms with van der Waals surface area (Å²) in [6, 6.07) is 85.2. The van der Waals surface area contributed by atoms with Crippen LogP contribution in [0, 0.1) is 0 Å². The van der Waals surface area contributed by atoms with Gasteiger partial charge < -0.3 is 9.13 Å². The van der Waals surface area contributed by atoms with Gasteiger partial charge in [-0.3, -0.25) is 0 Å². The molecular weight excluding hydrogens is 705 g/mol. The lowest BCUT2D eigenvalue weighted by molar-refractivity contribution is 1.17. The summed E-state index contributed by atoms with van der Waals surface area (Å²) in [5.74, 6) is 0. The summed E-state index contributed by atoms with van der Waals surface area (Å²) in [5, 5.41) is 10.4. The molecule has 0 amide bonds. The van der Waals surface area contributed by atoms with Gasteiger partial charge in [0.05, 0.1) is 27.8 Å². The SMILES string of the molecule is c1ccc(-c2cccc(-n3c4ccccc4c4c(-n5c6ccccc6c6ccc([Si](c7ccccc7)(c7ccccc7)c7ccccc7)cc65)cccc43)c2)cc1. The fourth-order valence-corrected chi connectivity index (χ4v) is 14.2. The van der Waals surface area contributed by atoms with E-state index in [0.29, 0.717) is 0 Å². The van der Waals surface area contributed by atoms with Crippen molar-refractivity contribution in [3.63, 3.8) is 0 Å². The largest absolute Gasteiger partial charge is 0.309 e. The maximum Gasteiger partial charge on any atom is 0.179 e. The van der Waals surface area contributed by atoms with Crippen LogP contribution >= 0.6 is 0 Å². The normalized spacial score (nSPS) is 11.9. The van der Waals surface area contributed by atoms with Crippen molar-refractivity contribution >= 4 is 72.4 Å². The van der Waals surface area contributed by atoms with Crippen molar-refractivity contribution in [2.24, 2.45) is 0 Å². The molecule has 0 aliphatic heterocycles. The van der Waals surface area contributed by atoms with Crippen LogP contribution in [0.3, 0.4) is 0 Å². The Balaban J connectivity index is 1.23. The third-order valence-corrected chi connectivity index (χ3v) is 16.6. The lowest BCUT2D eigenvalue weighted by Crippen LogP contribution is -2.74. The third kappa shape index (κ3) is 5.17. The van der Waals surface area contributed by atoms with Crippen LogP contribution in [0.25, 0.3) is 66.1 Å². The number of hydrogen-bond acceptors (Lipinski definition) is 0. The highest BCUT2D eigenvalue weighted by atomic mass is 28.3. The second-order valence-corrected chi connectivity index (χ2v) is 18.7. The molecule has 2 aromatic heterocycles. The summed E-state index contributed by atoms with van der Waals surface area (Å²) in [7, 11) is -2.78. The Morgan fingerprint density at radius 2 is 0.772 bits per heavy atom. The van der Waals surface area contributed by atoms with Crippen LogP contribution in [0.4, 0.5) is 0 Å². The van der Waals surface area contributed by atoms with E-state index in [-0.39, 0.29) is 0 Å². The summed E-state index contributed by atoms with van der Waals surface area (Å²) in [5.41, 5.74) is 9.52. The van der Waals surface area contributed by atoms with Crippen molar-refractivity contribution < 1.29 is 0 Å². The number of benzene rings is 9. The van der Waals surface area contributed by atoms with Crippen LogP contribution in [-0.2, 0) is 0 Å². The van der Waals surface area contributed by atoms with Crippen LogP contribution < -0.4 is 20.7 Å². The number of para-hydroxylation sites is 2. The van der Waals surface area contributed by atoms with E-state index >= 15 is 0 Å². The molecule has 0 atom stereocenters. The van der Waals surface area contributed by atoms with E-state index < -0.39 is 8.07 Å². The van der Waals surface area contributed by atoms with Gasteiger partial charge in [-0.05, 0) is 74.3 Å². The van der Waals surface area contributed by atoms with Gasteiger partial charge in [0, 0.05) is 27.2 Å². The fraction of sp³-hybridized carbons (Fsp3) is 0. The summed E-state index contributed by atoms with van der Waals surface area (Å²) < 4.78 is 4.98. The zero-order valence-electron chi connectivity index (χ0n) is 31.3. The van der Waals surface area contributed by atoms with Gasteiger partial charge in [-0.25, -0.2) is 0 Å². The molecule has 0 fully saturated rings. The van der Waals surface area contributed by atoms with Gasteiger partial charge in [0.25, 0.3) is 0 Å². The highest BCUT2D eigenvalue weighted by Crippen LogP contribution is 2.40.